The van der Waals surface area contributed by atoms with Gasteiger partial charge in [0.25, 0.3) is 5.56 Å². The van der Waals surface area contributed by atoms with Gasteiger partial charge in [0.15, 0.2) is 5.69 Å². The molecule has 0 saturated carbocycles. The van der Waals surface area contributed by atoms with Gasteiger partial charge in [-0.2, -0.15) is 9.78 Å². The van der Waals surface area contributed by atoms with E-state index in [-0.39, 0.29) is 52.9 Å². The summed E-state index contributed by atoms with van der Waals surface area (Å²) in [6, 6.07) is 14.0. The van der Waals surface area contributed by atoms with Crippen molar-refractivity contribution in [3.05, 3.63) is 80.5 Å². The molecule has 1 atom stereocenters. The van der Waals surface area contributed by atoms with E-state index in [2.05, 4.69) is 10.4 Å². The van der Waals surface area contributed by atoms with Crippen LogP contribution in [0.3, 0.4) is 0 Å². The summed E-state index contributed by atoms with van der Waals surface area (Å²) in [5.41, 5.74) is 1.57. The Kier molecular flexibility index (Phi) is 7.00. The van der Waals surface area contributed by atoms with Crippen LogP contribution in [0.4, 0.5) is 10.7 Å². The number of thiophene rings is 1. The molecule has 38 heavy (non-hydrogen) atoms. The van der Waals surface area contributed by atoms with Crippen molar-refractivity contribution in [3.63, 3.8) is 0 Å². The van der Waals surface area contributed by atoms with Crippen LogP contribution < -0.4 is 15.8 Å². The first-order valence-corrected chi connectivity index (χ1v) is 13.2. The first-order chi connectivity index (χ1) is 18.3. The zero-order valence-corrected chi connectivity index (χ0v) is 22.1. The highest BCUT2D eigenvalue weighted by molar-refractivity contribution is 7.16. The van der Waals surface area contributed by atoms with Crippen molar-refractivity contribution in [1.82, 2.24) is 9.78 Å². The molecule has 1 aliphatic rings. The number of hydrogen-bond acceptors (Lipinski definition) is 7. The lowest BCUT2D eigenvalue weighted by Gasteiger charge is -2.17. The summed E-state index contributed by atoms with van der Waals surface area (Å²) in [4.78, 5) is 53.8. The Hall–Kier alpha value is -4.02. The quantitative estimate of drug-likeness (QED) is 0.352. The van der Waals surface area contributed by atoms with Gasteiger partial charge in [0.05, 0.1) is 23.6 Å². The summed E-state index contributed by atoms with van der Waals surface area (Å²) in [6.07, 6.45) is 0.0470. The summed E-state index contributed by atoms with van der Waals surface area (Å²) in [6.45, 7) is 3.98. The Bertz CT molecular complexity index is 1630. The molecule has 0 spiro atoms. The van der Waals surface area contributed by atoms with Crippen LogP contribution >= 0.6 is 22.9 Å². The summed E-state index contributed by atoms with van der Waals surface area (Å²) >= 11 is 7.23. The van der Waals surface area contributed by atoms with Gasteiger partial charge in [0.1, 0.15) is 5.00 Å². The van der Waals surface area contributed by atoms with Crippen LogP contribution in [-0.2, 0) is 14.3 Å². The molecule has 1 unspecified atom stereocenters. The third-order valence-electron chi connectivity index (χ3n) is 6.25. The van der Waals surface area contributed by atoms with Crippen molar-refractivity contribution in [2.45, 2.75) is 20.3 Å². The number of fused-ring (bicyclic) bond motifs is 1. The van der Waals surface area contributed by atoms with Gasteiger partial charge in [0, 0.05) is 34.4 Å². The van der Waals surface area contributed by atoms with Crippen LogP contribution in [-0.4, -0.2) is 40.7 Å². The number of anilines is 2. The zero-order chi connectivity index (χ0) is 27.0. The van der Waals surface area contributed by atoms with Gasteiger partial charge in [-0.3, -0.25) is 14.4 Å². The van der Waals surface area contributed by atoms with Gasteiger partial charge in [-0.05, 0) is 44.2 Å². The number of amides is 2. The number of ether oxygens (including phenoxy) is 1. The van der Waals surface area contributed by atoms with Gasteiger partial charge in [-0.25, -0.2) is 4.79 Å². The van der Waals surface area contributed by atoms with Crippen molar-refractivity contribution in [2.75, 3.05) is 23.4 Å². The molecule has 2 aromatic heterocycles. The minimum atomic E-state index is -0.695. The summed E-state index contributed by atoms with van der Waals surface area (Å²) < 4.78 is 6.24. The third kappa shape index (κ3) is 4.80. The smallest absolute Gasteiger partial charge is 0.359 e. The lowest BCUT2D eigenvalue weighted by atomic mass is 10.1. The maximum atomic E-state index is 13.6. The second-order valence-electron chi connectivity index (χ2n) is 8.85. The maximum absolute atomic E-state index is 13.6. The number of aryl methyl sites for hydroxylation is 1. The van der Waals surface area contributed by atoms with Gasteiger partial charge in [0.2, 0.25) is 11.8 Å². The highest BCUT2D eigenvalue weighted by Crippen LogP contribution is 2.33. The minimum Gasteiger partial charge on any atom is -0.461 e. The van der Waals surface area contributed by atoms with Crippen molar-refractivity contribution >= 4 is 62.2 Å². The first kappa shape index (κ1) is 25.6. The number of rotatable bonds is 6. The number of esters is 1. The molecule has 1 N–H and O–H groups in total. The molecule has 194 valence electrons. The fraction of sp³-hybridized carbons (Fsp3) is 0.222. The molecule has 1 fully saturated rings. The number of benzene rings is 2. The van der Waals surface area contributed by atoms with Crippen LogP contribution in [0.1, 0.15) is 29.4 Å². The van der Waals surface area contributed by atoms with Crippen molar-refractivity contribution < 1.29 is 19.1 Å². The number of hydrogen-bond donors (Lipinski definition) is 1. The van der Waals surface area contributed by atoms with E-state index < -0.39 is 17.4 Å². The second kappa shape index (κ2) is 10.4. The number of carbonyl (C=O) groups is 3. The van der Waals surface area contributed by atoms with Crippen molar-refractivity contribution in [1.29, 1.82) is 0 Å². The van der Waals surface area contributed by atoms with Crippen molar-refractivity contribution in [3.8, 4) is 5.69 Å². The van der Waals surface area contributed by atoms with E-state index in [9.17, 15) is 19.2 Å². The normalized spacial score (nSPS) is 15.2. The summed E-state index contributed by atoms with van der Waals surface area (Å²) in [5, 5.41) is 9.73. The molecule has 0 radical (unpaired) electrons. The summed E-state index contributed by atoms with van der Waals surface area (Å²) in [5.74, 6) is -1.84. The molecule has 11 heteroatoms. The molecule has 5 rings (SSSR count). The van der Waals surface area contributed by atoms with Gasteiger partial charge in [-0.1, -0.05) is 35.4 Å². The Labute approximate surface area is 226 Å². The van der Waals surface area contributed by atoms with Gasteiger partial charge < -0.3 is 15.0 Å². The standard InChI is InChI=1S/C27H23ClN4O5S/c1-3-37-27(36)23-20-14-38-25(22(20)26(35)32(30-23)19-6-4-5-17(28)12-19)29-24(34)16-11-21(33)31(13-16)18-9-7-15(2)8-10-18/h4-10,12,14,16H,3,11,13H2,1-2H3,(H,29,34). The highest BCUT2D eigenvalue weighted by atomic mass is 35.5. The lowest BCUT2D eigenvalue weighted by Crippen LogP contribution is -2.29. The average molecular weight is 551 g/mol. The molecule has 0 aliphatic carbocycles. The van der Waals surface area contributed by atoms with Crippen LogP contribution in [0, 0.1) is 12.8 Å². The third-order valence-corrected chi connectivity index (χ3v) is 7.38. The second-order valence-corrected chi connectivity index (χ2v) is 10.2. The molecule has 2 aromatic carbocycles. The van der Waals surface area contributed by atoms with Gasteiger partial charge >= 0.3 is 5.97 Å². The highest BCUT2D eigenvalue weighted by Gasteiger charge is 2.36. The van der Waals surface area contributed by atoms with E-state index >= 15 is 0 Å². The zero-order valence-electron chi connectivity index (χ0n) is 20.6. The number of aromatic nitrogens is 2. The van der Waals surface area contributed by atoms with E-state index in [1.165, 1.54) is 0 Å². The molecule has 4 aromatic rings. The van der Waals surface area contributed by atoms with E-state index in [0.717, 1.165) is 27.3 Å². The Morgan fingerprint density at radius 2 is 1.92 bits per heavy atom. The van der Waals surface area contributed by atoms with E-state index in [1.54, 1.807) is 41.5 Å². The minimum absolute atomic E-state index is 0.0470. The lowest BCUT2D eigenvalue weighted by molar-refractivity contribution is -0.122. The maximum Gasteiger partial charge on any atom is 0.359 e. The molecule has 1 saturated heterocycles. The number of carbonyl (C=O) groups excluding carboxylic acids is 3. The molecule has 2 amide bonds. The fourth-order valence-corrected chi connectivity index (χ4v) is 5.47. The van der Waals surface area contributed by atoms with Crippen LogP contribution in [0.25, 0.3) is 16.5 Å². The molecule has 9 nitrogen and oxygen atoms in total. The first-order valence-electron chi connectivity index (χ1n) is 11.9. The molecule has 3 heterocycles. The Morgan fingerprint density at radius 1 is 1.16 bits per heavy atom. The number of nitrogens with one attached hydrogen (secondary N) is 1. The van der Waals surface area contributed by atoms with Crippen molar-refractivity contribution in [2.24, 2.45) is 5.92 Å². The SMILES string of the molecule is CCOC(=O)c1nn(-c2cccc(Cl)c2)c(=O)c2c(NC(=O)C3CC(=O)N(c4ccc(C)cc4)C3)scc12. The van der Waals surface area contributed by atoms with E-state index in [1.807, 2.05) is 31.2 Å². The van der Waals surface area contributed by atoms with Gasteiger partial charge in [-0.15, -0.1) is 11.3 Å². The molecular weight excluding hydrogens is 528 g/mol. The molecular formula is C27H23ClN4O5S. The Balaban J connectivity index is 1.50. The molecule has 1 aliphatic heterocycles. The number of nitrogens with zero attached hydrogens (tertiary/aromatic N) is 3. The predicted molar refractivity (Wildman–Crippen MR) is 146 cm³/mol. The van der Waals surface area contributed by atoms with E-state index in [4.69, 9.17) is 16.3 Å². The monoisotopic (exact) mass is 550 g/mol. The largest absolute Gasteiger partial charge is 0.461 e. The molecule has 0 bridgehead atoms. The number of halogens is 1. The topological polar surface area (TPSA) is 111 Å². The predicted octanol–water partition coefficient (Wildman–Crippen LogP) is 4.58. The van der Waals surface area contributed by atoms with E-state index in [0.29, 0.717) is 10.7 Å². The van der Waals surface area contributed by atoms with Crippen LogP contribution in [0.5, 0.6) is 0 Å². The average Bonchev–Trinajstić information content (AvgIpc) is 3.49. The summed E-state index contributed by atoms with van der Waals surface area (Å²) in [7, 11) is 0. The Morgan fingerprint density at radius 3 is 2.63 bits per heavy atom. The van der Waals surface area contributed by atoms with Crippen LogP contribution in [0.2, 0.25) is 5.02 Å². The van der Waals surface area contributed by atoms with Crippen LogP contribution in [0.15, 0.2) is 58.7 Å². The fourth-order valence-electron chi connectivity index (χ4n) is 4.35.